The van der Waals surface area contributed by atoms with E-state index in [-0.39, 0.29) is 5.97 Å². The maximum atomic E-state index is 11.4. The SMILES string of the molecule is COCCN(C)CCOP(C)Oc1ccc(CCC(=O)OC)cc1CC(C)C. The van der Waals surface area contributed by atoms with E-state index in [1.165, 1.54) is 7.11 Å². The van der Waals surface area contributed by atoms with Crippen LogP contribution in [-0.2, 0) is 31.6 Å². The summed E-state index contributed by atoms with van der Waals surface area (Å²) >= 11 is 0. The summed E-state index contributed by atoms with van der Waals surface area (Å²) in [5.74, 6) is 1.19. The Labute approximate surface area is 171 Å². The zero-order valence-electron chi connectivity index (χ0n) is 18.2. The highest BCUT2D eigenvalue weighted by atomic mass is 31.2. The van der Waals surface area contributed by atoms with E-state index >= 15 is 0 Å². The number of esters is 1. The van der Waals surface area contributed by atoms with Crippen molar-refractivity contribution in [1.82, 2.24) is 4.90 Å². The number of nitrogens with zero attached hydrogens (tertiary/aromatic N) is 1. The third-order valence-electron chi connectivity index (χ3n) is 4.25. The summed E-state index contributed by atoms with van der Waals surface area (Å²) in [7, 11) is 4.17. The number of carbonyl (C=O) groups is 1. The minimum Gasteiger partial charge on any atom is -0.469 e. The summed E-state index contributed by atoms with van der Waals surface area (Å²) in [5, 5.41) is 0. The number of methoxy groups -OCH3 is 2. The third kappa shape index (κ3) is 10.4. The van der Waals surface area contributed by atoms with Crippen LogP contribution in [0.25, 0.3) is 0 Å². The van der Waals surface area contributed by atoms with E-state index in [9.17, 15) is 4.79 Å². The van der Waals surface area contributed by atoms with Crippen molar-refractivity contribution in [2.24, 2.45) is 5.92 Å². The molecule has 7 heteroatoms. The molecule has 0 heterocycles. The zero-order chi connectivity index (χ0) is 20.9. The zero-order valence-corrected chi connectivity index (χ0v) is 19.1. The van der Waals surface area contributed by atoms with Gasteiger partial charge in [0.1, 0.15) is 5.75 Å². The monoisotopic (exact) mass is 413 g/mol. The van der Waals surface area contributed by atoms with E-state index in [0.29, 0.717) is 25.4 Å². The normalized spacial score (nSPS) is 12.4. The van der Waals surface area contributed by atoms with Crippen molar-refractivity contribution in [3.05, 3.63) is 29.3 Å². The third-order valence-corrected chi connectivity index (χ3v) is 5.25. The molecule has 1 aromatic carbocycles. The molecule has 0 spiro atoms. The van der Waals surface area contributed by atoms with E-state index in [4.69, 9.17) is 18.5 Å². The van der Waals surface area contributed by atoms with Gasteiger partial charge in [0, 0.05) is 33.3 Å². The van der Waals surface area contributed by atoms with Gasteiger partial charge in [0.05, 0.1) is 20.3 Å². The highest BCUT2D eigenvalue weighted by Gasteiger charge is 2.13. The number of aryl methyl sites for hydroxylation is 1. The molecule has 0 aliphatic carbocycles. The van der Waals surface area contributed by atoms with Crippen LogP contribution in [0.5, 0.6) is 5.75 Å². The van der Waals surface area contributed by atoms with Crippen LogP contribution < -0.4 is 4.52 Å². The summed E-state index contributed by atoms with van der Waals surface area (Å²) in [5.41, 5.74) is 2.28. The fourth-order valence-electron chi connectivity index (χ4n) is 2.67. The first-order valence-electron chi connectivity index (χ1n) is 9.76. The molecule has 0 N–H and O–H groups in total. The fraction of sp³-hybridized carbons (Fsp3) is 0.667. The molecule has 0 saturated heterocycles. The molecule has 1 aromatic rings. The predicted molar refractivity (Wildman–Crippen MR) is 114 cm³/mol. The maximum Gasteiger partial charge on any atom is 0.305 e. The minimum atomic E-state index is -1.00. The number of ether oxygens (including phenoxy) is 2. The second kappa shape index (κ2) is 13.9. The van der Waals surface area contributed by atoms with Gasteiger partial charge in [-0.1, -0.05) is 26.0 Å². The van der Waals surface area contributed by atoms with Gasteiger partial charge >= 0.3 is 5.97 Å². The molecule has 1 unspecified atom stereocenters. The Morgan fingerprint density at radius 1 is 1.18 bits per heavy atom. The lowest BCUT2D eigenvalue weighted by atomic mass is 9.98. The van der Waals surface area contributed by atoms with Crippen LogP contribution in [0.15, 0.2) is 18.2 Å². The molecule has 0 bridgehead atoms. The lowest BCUT2D eigenvalue weighted by Crippen LogP contribution is -2.26. The van der Waals surface area contributed by atoms with Crippen LogP contribution >= 0.6 is 8.38 Å². The van der Waals surface area contributed by atoms with E-state index in [2.05, 4.69) is 31.9 Å². The van der Waals surface area contributed by atoms with E-state index < -0.39 is 8.38 Å². The lowest BCUT2D eigenvalue weighted by Gasteiger charge is -2.20. The molecule has 0 amide bonds. The average molecular weight is 413 g/mol. The number of likely N-dealkylation sites (N-methyl/N-ethyl adjacent to an activating group) is 1. The fourth-order valence-corrected chi connectivity index (χ4v) is 3.52. The molecule has 0 aromatic heterocycles. The summed E-state index contributed by atoms with van der Waals surface area (Å²) in [6, 6.07) is 6.15. The van der Waals surface area contributed by atoms with E-state index in [1.54, 1.807) is 7.11 Å². The van der Waals surface area contributed by atoms with Crippen molar-refractivity contribution >= 4 is 14.3 Å². The molecule has 1 rings (SSSR count). The lowest BCUT2D eigenvalue weighted by molar-refractivity contribution is -0.140. The van der Waals surface area contributed by atoms with Crippen LogP contribution in [0.4, 0.5) is 0 Å². The second-order valence-corrected chi connectivity index (χ2v) is 8.60. The van der Waals surface area contributed by atoms with Gasteiger partial charge in [-0.3, -0.25) is 4.79 Å². The molecule has 6 nitrogen and oxygen atoms in total. The Bertz CT molecular complexity index is 582. The van der Waals surface area contributed by atoms with Crippen LogP contribution in [0.1, 0.15) is 31.4 Å². The Morgan fingerprint density at radius 3 is 2.54 bits per heavy atom. The molecular formula is C21H36NO5P. The van der Waals surface area contributed by atoms with E-state index in [0.717, 1.165) is 43.0 Å². The average Bonchev–Trinajstić information content (AvgIpc) is 2.65. The Hall–Kier alpha value is -1.20. The summed E-state index contributed by atoms with van der Waals surface area (Å²) < 4.78 is 21.8. The molecule has 160 valence electrons. The van der Waals surface area contributed by atoms with Gasteiger partial charge in [-0.25, -0.2) is 0 Å². The number of benzene rings is 1. The minimum absolute atomic E-state index is 0.188. The summed E-state index contributed by atoms with van der Waals surface area (Å²) in [6.07, 6.45) is 1.98. The standard InChI is InChI=1S/C21H36NO5P/c1-17(2)15-19-16-18(8-10-21(23)25-5)7-9-20(19)27-28(6)26-14-12-22(3)11-13-24-4/h7,9,16-17H,8,10-15H2,1-6H3. The Kier molecular flexibility index (Phi) is 12.3. The van der Waals surface area contributed by atoms with Gasteiger partial charge in [0.2, 0.25) is 8.38 Å². The summed E-state index contributed by atoms with van der Waals surface area (Å²) in [6.45, 7) is 9.42. The Balaban J connectivity index is 2.62. The molecule has 0 aliphatic rings. The second-order valence-electron chi connectivity index (χ2n) is 7.28. The van der Waals surface area contributed by atoms with Gasteiger partial charge < -0.3 is 23.4 Å². The first-order valence-corrected chi connectivity index (χ1v) is 11.4. The van der Waals surface area contributed by atoms with Crippen molar-refractivity contribution in [1.29, 1.82) is 0 Å². The van der Waals surface area contributed by atoms with Crippen molar-refractivity contribution < 1.29 is 23.3 Å². The van der Waals surface area contributed by atoms with Gasteiger partial charge in [0.25, 0.3) is 0 Å². The van der Waals surface area contributed by atoms with Crippen molar-refractivity contribution in [2.45, 2.75) is 33.1 Å². The van der Waals surface area contributed by atoms with Crippen LogP contribution in [0.3, 0.4) is 0 Å². The van der Waals surface area contributed by atoms with Crippen LogP contribution in [0.2, 0.25) is 0 Å². The number of carbonyl (C=O) groups excluding carboxylic acids is 1. The van der Waals surface area contributed by atoms with Crippen LogP contribution in [0, 0.1) is 5.92 Å². The molecule has 0 radical (unpaired) electrons. The molecule has 28 heavy (non-hydrogen) atoms. The maximum absolute atomic E-state index is 11.4. The first kappa shape index (κ1) is 24.8. The predicted octanol–water partition coefficient (Wildman–Crippen LogP) is 3.91. The highest BCUT2D eigenvalue weighted by Crippen LogP contribution is 2.38. The van der Waals surface area contributed by atoms with Crippen molar-refractivity contribution in [2.75, 3.05) is 54.2 Å². The van der Waals surface area contributed by atoms with Crippen molar-refractivity contribution in [3.8, 4) is 5.75 Å². The molecule has 0 saturated carbocycles. The molecule has 0 fully saturated rings. The first-order chi connectivity index (χ1) is 13.3. The number of hydrogen-bond acceptors (Lipinski definition) is 6. The smallest absolute Gasteiger partial charge is 0.305 e. The molecule has 0 aliphatic heterocycles. The van der Waals surface area contributed by atoms with Gasteiger partial charge in [-0.2, -0.15) is 0 Å². The molecule has 1 atom stereocenters. The topological polar surface area (TPSA) is 57.2 Å². The highest BCUT2D eigenvalue weighted by molar-refractivity contribution is 7.46. The largest absolute Gasteiger partial charge is 0.469 e. The number of rotatable bonds is 14. The van der Waals surface area contributed by atoms with Gasteiger partial charge in [-0.05, 0) is 43.0 Å². The van der Waals surface area contributed by atoms with Crippen LogP contribution in [-0.4, -0.2) is 65.1 Å². The summed E-state index contributed by atoms with van der Waals surface area (Å²) in [4.78, 5) is 13.6. The van der Waals surface area contributed by atoms with E-state index in [1.807, 2.05) is 18.8 Å². The quantitative estimate of drug-likeness (QED) is 0.341. The number of hydrogen-bond donors (Lipinski definition) is 0. The Morgan fingerprint density at radius 2 is 1.89 bits per heavy atom. The van der Waals surface area contributed by atoms with Gasteiger partial charge in [-0.15, -0.1) is 0 Å². The van der Waals surface area contributed by atoms with Crippen molar-refractivity contribution in [3.63, 3.8) is 0 Å². The van der Waals surface area contributed by atoms with Gasteiger partial charge in [0.15, 0.2) is 0 Å². The molecular weight excluding hydrogens is 377 g/mol.